The molecule has 0 bridgehead atoms. The molecule has 4 heteroatoms. The molecule has 0 amide bonds. The molecule has 1 atom stereocenters. The molecule has 140 valence electrons. The van der Waals surface area contributed by atoms with Crippen molar-refractivity contribution in [2.75, 3.05) is 25.1 Å². The van der Waals surface area contributed by atoms with Gasteiger partial charge < -0.3 is 19.5 Å². The van der Waals surface area contributed by atoms with E-state index in [-0.39, 0.29) is 6.10 Å². The van der Waals surface area contributed by atoms with Crippen LogP contribution >= 0.6 is 0 Å². The Morgan fingerprint density at radius 2 is 1.96 bits per heavy atom. The fourth-order valence-corrected chi connectivity index (χ4v) is 2.90. The first-order chi connectivity index (χ1) is 12.8. The van der Waals surface area contributed by atoms with Gasteiger partial charge in [-0.05, 0) is 49.1 Å². The summed E-state index contributed by atoms with van der Waals surface area (Å²) in [6.07, 6.45) is 4.72. The first kappa shape index (κ1) is 18.6. The van der Waals surface area contributed by atoms with Crippen molar-refractivity contribution in [3.05, 3.63) is 54.1 Å². The third kappa shape index (κ3) is 5.95. The topological polar surface area (TPSA) is 39.7 Å². The van der Waals surface area contributed by atoms with E-state index in [1.54, 1.807) is 0 Å². The van der Waals surface area contributed by atoms with Gasteiger partial charge in [-0.25, -0.2) is 0 Å². The molecule has 1 heterocycles. The molecule has 1 aliphatic heterocycles. The lowest BCUT2D eigenvalue weighted by atomic mass is 10.2. The molecule has 0 saturated carbocycles. The molecule has 4 nitrogen and oxygen atoms in total. The quantitative estimate of drug-likeness (QED) is 0.606. The zero-order valence-electron chi connectivity index (χ0n) is 15.6. The minimum atomic E-state index is 0.253. The number of unbranched alkanes of at least 4 members (excludes halogenated alkanes) is 1. The molecule has 0 aliphatic carbocycles. The van der Waals surface area contributed by atoms with Gasteiger partial charge in [0.15, 0.2) is 0 Å². The Morgan fingerprint density at radius 3 is 2.73 bits per heavy atom. The van der Waals surface area contributed by atoms with Crippen molar-refractivity contribution in [2.24, 2.45) is 0 Å². The van der Waals surface area contributed by atoms with Crippen LogP contribution in [-0.4, -0.2) is 25.9 Å². The highest BCUT2D eigenvalue weighted by atomic mass is 16.5. The molecule has 2 aromatic rings. The van der Waals surface area contributed by atoms with Gasteiger partial charge in [0, 0.05) is 24.9 Å². The van der Waals surface area contributed by atoms with Crippen LogP contribution in [0.1, 0.15) is 38.2 Å². The zero-order valence-corrected chi connectivity index (χ0v) is 15.6. The molecule has 0 unspecified atom stereocenters. The normalized spacial score (nSPS) is 16.4. The van der Waals surface area contributed by atoms with Crippen LogP contribution in [0.3, 0.4) is 0 Å². The smallest absolute Gasteiger partial charge is 0.121 e. The first-order valence-electron chi connectivity index (χ1n) is 9.63. The van der Waals surface area contributed by atoms with Gasteiger partial charge in [-0.15, -0.1) is 0 Å². The summed E-state index contributed by atoms with van der Waals surface area (Å²) in [5, 5.41) is 3.45. The number of nitrogens with one attached hydrogen (secondary N) is 1. The van der Waals surface area contributed by atoms with E-state index < -0.39 is 0 Å². The van der Waals surface area contributed by atoms with Gasteiger partial charge >= 0.3 is 0 Å². The van der Waals surface area contributed by atoms with E-state index in [0.717, 1.165) is 62.6 Å². The van der Waals surface area contributed by atoms with Gasteiger partial charge in [-0.2, -0.15) is 0 Å². The molecule has 1 saturated heterocycles. The van der Waals surface area contributed by atoms with Crippen LogP contribution in [0.5, 0.6) is 11.5 Å². The molecule has 26 heavy (non-hydrogen) atoms. The second-order valence-corrected chi connectivity index (χ2v) is 6.67. The SMILES string of the molecule is CCCCOc1cccc(NCc2ccc(OC[C@H]3CCCO3)cc2)c1. The molecule has 0 aromatic heterocycles. The fraction of sp³-hybridized carbons (Fsp3) is 0.455. The zero-order chi connectivity index (χ0) is 18.0. The Labute approximate surface area is 156 Å². The molecule has 1 N–H and O–H groups in total. The van der Waals surface area contributed by atoms with Gasteiger partial charge in [0.2, 0.25) is 0 Å². The van der Waals surface area contributed by atoms with Crippen LogP contribution < -0.4 is 14.8 Å². The van der Waals surface area contributed by atoms with E-state index in [0.29, 0.717) is 6.61 Å². The maximum absolute atomic E-state index is 5.81. The van der Waals surface area contributed by atoms with E-state index in [4.69, 9.17) is 14.2 Å². The number of rotatable bonds is 10. The van der Waals surface area contributed by atoms with E-state index >= 15 is 0 Å². The Balaban J connectivity index is 1.44. The van der Waals surface area contributed by atoms with E-state index in [1.807, 2.05) is 24.3 Å². The van der Waals surface area contributed by atoms with Crippen molar-refractivity contribution in [1.29, 1.82) is 0 Å². The Hall–Kier alpha value is -2.20. The highest BCUT2D eigenvalue weighted by molar-refractivity contribution is 5.48. The lowest BCUT2D eigenvalue weighted by Crippen LogP contribution is -2.16. The highest BCUT2D eigenvalue weighted by Gasteiger charge is 2.15. The summed E-state index contributed by atoms with van der Waals surface area (Å²) in [6.45, 7) is 5.21. The van der Waals surface area contributed by atoms with Gasteiger partial charge in [-0.1, -0.05) is 31.5 Å². The summed E-state index contributed by atoms with van der Waals surface area (Å²) < 4.78 is 17.1. The Kier molecular flexibility index (Phi) is 7.20. The second-order valence-electron chi connectivity index (χ2n) is 6.67. The Morgan fingerprint density at radius 1 is 1.08 bits per heavy atom. The van der Waals surface area contributed by atoms with Crippen LogP contribution in [0.15, 0.2) is 48.5 Å². The molecule has 0 spiro atoms. The summed E-state index contributed by atoms with van der Waals surface area (Å²) >= 11 is 0. The maximum atomic E-state index is 5.81. The standard InChI is InChI=1S/C22H29NO3/c1-2-3-13-24-21-7-4-6-19(15-21)23-16-18-9-11-20(12-10-18)26-17-22-8-5-14-25-22/h4,6-7,9-12,15,22-23H,2-3,5,8,13-14,16-17H2,1H3/t22-/m1/s1. The average molecular weight is 355 g/mol. The minimum Gasteiger partial charge on any atom is -0.494 e. The lowest BCUT2D eigenvalue weighted by molar-refractivity contribution is 0.0679. The van der Waals surface area contributed by atoms with Crippen LogP contribution in [0.25, 0.3) is 0 Å². The van der Waals surface area contributed by atoms with Crippen LogP contribution in [0.2, 0.25) is 0 Å². The molecular weight excluding hydrogens is 326 g/mol. The van der Waals surface area contributed by atoms with Gasteiger partial charge in [-0.3, -0.25) is 0 Å². The first-order valence-corrected chi connectivity index (χ1v) is 9.63. The molecule has 0 radical (unpaired) electrons. The molecule has 3 rings (SSSR count). The predicted octanol–water partition coefficient (Wildman–Crippen LogP) is 5.04. The summed E-state index contributed by atoms with van der Waals surface area (Å²) in [7, 11) is 0. The van der Waals surface area contributed by atoms with E-state index in [2.05, 4.69) is 36.5 Å². The van der Waals surface area contributed by atoms with Gasteiger partial charge in [0.1, 0.15) is 18.1 Å². The predicted molar refractivity (Wildman–Crippen MR) is 105 cm³/mol. The summed E-state index contributed by atoms with van der Waals surface area (Å²) in [6, 6.07) is 16.4. The van der Waals surface area contributed by atoms with Crippen molar-refractivity contribution >= 4 is 5.69 Å². The van der Waals surface area contributed by atoms with Crippen LogP contribution in [-0.2, 0) is 11.3 Å². The summed E-state index contributed by atoms with van der Waals surface area (Å²) in [5.41, 5.74) is 2.28. The second kappa shape index (κ2) is 10.1. The molecular formula is C22H29NO3. The number of hydrogen-bond donors (Lipinski definition) is 1. The Bertz CT molecular complexity index is 651. The number of hydrogen-bond acceptors (Lipinski definition) is 4. The van der Waals surface area contributed by atoms with E-state index in [1.165, 1.54) is 5.56 Å². The van der Waals surface area contributed by atoms with E-state index in [9.17, 15) is 0 Å². The summed E-state index contributed by atoms with van der Waals surface area (Å²) in [5.74, 6) is 1.82. The van der Waals surface area contributed by atoms with Gasteiger partial charge in [0.05, 0.1) is 12.7 Å². The third-order valence-electron chi connectivity index (χ3n) is 4.48. The van der Waals surface area contributed by atoms with Crippen molar-refractivity contribution in [3.8, 4) is 11.5 Å². The minimum absolute atomic E-state index is 0.253. The number of ether oxygens (including phenoxy) is 3. The maximum Gasteiger partial charge on any atom is 0.121 e. The van der Waals surface area contributed by atoms with Crippen molar-refractivity contribution < 1.29 is 14.2 Å². The monoisotopic (exact) mass is 355 g/mol. The number of benzene rings is 2. The van der Waals surface area contributed by atoms with Crippen molar-refractivity contribution in [3.63, 3.8) is 0 Å². The largest absolute Gasteiger partial charge is 0.494 e. The van der Waals surface area contributed by atoms with Crippen LogP contribution in [0, 0.1) is 0 Å². The van der Waals surface area contributed by atoms with Crippen molar-refractivity contribution in [2.45, 2.75) is 45.3 Å². The fourth-order valence-electron chi connectivity index (χ4n) is 2.90. The molecule has 1 fully saturated rings. The average Bonchev–Trinajstić information content (AvgIpc) is 3.20. The number of anilines is 1. The van der Waals surface area contributed by atoms with Crippen molar-refractivity contribution in [1.82, 2.24) is 0 Å². The lowest BCUT2D eigenvalue weighted by Gasteiger charge is -2.12. The molecule has 1 aliphatic rings. The van der Waals surface area contributed by atoms with Gasteiger partial charge in [0.25, 0.3) is 0 Å². The molecule has 2 aromatic carbocycles. The highest BCUT2D eigenvalue weighted by Crippen LogP contribution is 2.20. The summed E-state index contributed by atoms with van der Waals surface area (Å²) in [4.78, 5) is 0. The third-order valence-corrected chi connectivity index (χ3v) is 4.48. The van der Waals surface area contributed by atoms with Crippen LogP contribution in [0.4, 0.5) is 5.69 Å².